The second-order valence-corrected chi connectivity index (χ2v) is 7.43. The number of rotatable bonds is 6. The lowest BCUT2D eigenvalue weighted by atomic mass is 9.75. The van der Waals surface area contributed by atoms with E-state index in [1.165, 1.54) is 7.11 Å². The Labute approximate surface area is 181 Å². The van der Waals surface area contributed by atoms with Gasteiger partial charge in [-0.15, -0.1) is 0 Å². The molecule has 0 fully saturated rings. The topological polar surface area (TPSA) is 74.2 Å². The van der Waals surface area contributed by atoms with Crippen LogP contribution in [-0.4, -0.2) is 37.8 Å². The molecule has 160 valence electrons. The van der Waals surface area contributed by atoms with Crippen molar-refractivity contribution in [2.45, 2.75) is 26.7 Å². The second-order valence-electron chi connectivity index (χ2n) is 7.43. The van der Waals surface area contributed by atoms with E-state index in [0.717, 1.165) is 11.1 Å². The van der Waals surface area contributed by atoms with Gasteiger partial charge < -0.3 is 14.2 Å². The number of esters is 1. The molecule has 0 amide bonds. The van der Waals surface area contributed by atoms with Crippen LogP contribution in [0.3, 0.4) is 0 Å². The van der Waals surface area contributed by atoms with Gasteiger partial charge >= 0.3 is 5.97 Å². The molecule has 0 saturated carbocycles. The summed E-state index contributed by atoms with van der Waals surface area (Å²) >= 11 is 0. The first-order valence-corrected chi connectivity index (χ1v) is 10.4. The SMILES string of the molecule is CCOc1ccc([C@@H]2C(C(=O)OC)=C(C)N=C3c4ccccc4C(=O)C32)cc1OCC. The van der Waals surface area contributed by atoms with E-state index >= 15 is 0 Å². The Hall–Kier alpha value is -3.41. The van der Waals surface area contributed by atoms with Gasteiger partial charge in [0.25, 0.3) is 0 Å². The number of Topliss-reactive ketones (excluding diaryl/α,β-unsaturated/α-hetero) is 1. The van der Waals surface area contributed by atoms with Crippen molar-refractivity contribution in [3.05, 3.63) is 70.4 Å². The van der Waals surface area contributed by atoms with Crippen molar-refractivity contribution < 1.29 is 23.8 Å². The van der Waals surface area contributed by atoms with Crippen LogP contribution < -0.4 is 9.47 Å². The lowest BCUT2D eigenvalue weighted by Gasteiger charge is -2.30. The summed E-state index contributed by atoms with van der Waals surface area (Å²) < 4.78 is 16.6. The standard InChI is InChI=1S/C25H25NO5/c1-5-30-18-12-11-15(13-19(18)31-6-2)21-20(25(28)29-4)14(3)26-23-16-9-7-8-10-17(16)24(27)22(21)23/h7-13,21-22H,5-6H2,1-4H3/t21-,22?/m1/s1. The third-order valence-electron chi connectivity index (χ3n) is 5.70. The molecule has 2 aliphatic rings. The van der Waals surface area contributed by atoms with Crippen molar-refractivity contribution in [1.82, 2.24) is 0 Å². The number of ketones is 1. The number of aliphatic imine (C=N–C) groups is 1. The first kappa shape index (κ1) is 20.8. The van der Waals surface area contributed by atoms with Gasteiger partial charge in [0.1, 0.15) is 0 Å². The number of fused-ring (bicyclic) bond motifs is 3. The summed E-state index contributed by atoms with van der Waals surface area (Å²) in [6.45, 7) is 6.56. The third kappa shape index (κ3) is 3.42. The van der Waals surface area contributed by atoms with Crippen molar-refractivity contribution in [1.29, 1.82) is 0 Å². The summed E-state index contributed by atoms with van der Waals surface area (Å²) in [5, 5.41) is 0. The summed E-state index contributed by atoms with van der Waals surface area (Å²) in [5.41, 5.74) is 3.88. The minimum absolute atomic E-state index is 0.0416. The molecule has 6 heteroatoms. The Bertz CT molecular complexity index is 1110. The maximum absolute atomic E-state index is 13.4. The number of hydrogen-bond donors (Lipinski definition) is 0. The lowest BCUT2D eigenvalue weighted by molar-refractivity contribution is -0.136. The molecule has 6 nitrogen and oxygen atoms in total. The Morgan fingerprint density at radius 1 is 0.968 bits per heavy atom. The number of nitrogens with zero attached hydrogens (tertiary/aromatic N) is 1. The second kappa shape index (κ2) is 8.38. The van der Waals surface area contributed by atoms with Crippen molar-refractivity contribution in [2.24, 2.45) is 10.9 Å². The van der Waals surface area contributed by atoms with Gasteiger partial charge in [-0.2, -0.15) is 0 Å². The van der Waals surface area contributed by atoms with Crippen molar-refractivity contribution in [3.8, 4) is 11.5 Å². The van der Waals surface area contributed by atoms with Gasteiger partial charge in [-0.05, 0) is 38.5 Å². The first-order chi connectivity index (χ1) is 15.0. The Morgan fingerprint density at radius 2 is 1.65 bits per heavy atom. The zero-order valence-electron chi connectivity index (χ0n) is 18.1. The number of ether oxygens (including phenoxy) is 3. The van der Waals surface area contributed by atoms with Crippen LogP contribution in [0.1, 0.15) is 48.2 Å². The quantitative estimate of drug-likeness (QED) is 0.652. The van der Waals surface area contributed by atoms with Crippen LogP contribution in [-0.2, 0) is 9.53 Å². The number of carbonyl (C=O) groups excluding carboxylic acids is 2. The molecule has 4 rings (SSSR count). The van der Waals surface area contributed by atoms with Crippen molar-refractivity contribution >= 4 is 17.5 Å². The molecule has 0 bridgehead atoms. The van der Waals surface area contributed by atoms with E-state index < -0.39 is 17.8 Å². The van der Waals surface area contributed by atoms with E-state index in [0.29, 0.717) is 47.3 Å². The number of hydrogen-bond acceptors (Lipinski definition) is 6. The number of methoxy groups -OCH3 is 1. The molecule has 0 aromatic heterocycles. The molecule has 0 radical (unpaired) electrons. The molecule has 2 atom stereocenters. The third-order valence-corrected chi connectivity index (χ3v) is 5.70. The van der Waals surface area contributed by atoms with Gasteiger partial charge in [0.15, 0.2) is 17.3 Å². The number of carbonyl (C=O) groups is 2. The molecule has 0 saturated heterocycles. The highest BCUT2D eigenvalue weighted by molar-refractivity contribution is 6.30. The molecule has 2 aromatic rings. The highest BCUT2D eigenvalue weighted by atomic mass is 16.5. The van der Waals surface area contributed by atoms with Crippen LogP contribution in [0.15, 0.2) is 58.7 Å². The molecule has 1 heterocycles. The smallest absolute Gasteiger partial charge is 0.336 e. The highest BCUT2D eigenvalue weighted by Crippen LogP contribution is 2.47. The average Bonchev–Trinajstić information content (AvgIpc) is 3.06. The van der Waals surface area contributed by atoms with Crippen molar-refractivity contribution in [3.63, 3.8) is 0 Å². The predicted octanol–water partition coefficient (Wildman–Crippen LogP) is 4.33. The summed E-state index contributed by atoms with van der Waals surface area (Å²) in [7, 11) is 1.34. The summed E-state index contributed by atoms with van der Waals surface area (Å²) in [6, 6.07) is 13.0. The van der Waals surface area contributed by atoms with Gasteiger partial charge in [0.2, 0.25) is 0 Å². The zero-order valence-corrected chi connectivity index (χ0v) is 18.1. The fourth-order valence-corrected chi connectivity index (χ4v) is 4.46. The Balaban J connectivity index is 1.91. The van der Waals surface area contributed by atoms with Crippen LogP contribution in [0.4, 0.5) is 0 Å². The molecule has 1 unspecified atom stereocenters. The molecule has 0 N–H and O–H groups in total. The maximum Gasteiger partial charge on any atom is 0.336 e. The van der Waals surface area contributed by atoms with E-state index in [-0.39, 0.29) is 5.78 Å². The number of benzene rings is 2. The fraction of sp³-hybridized carbons (Fsp3) is 0.320. The monoisotopic (exact) mass is 419 g/mol. The van der Waals surface area contributed by atoms with Crippen LogP contribution >= 0.6 is 0 Å². The Morgan fingerprint density at radius 3 is 2.32 bits per heavy atom. The molecular formula is C25H25NO5. The van der Waals surface area contributed by atoms with Gasteiger partial charge in [-0.25, -0.2) is 4.79 Å². The Kier molecular flexibility index (Phi) is 5.63. The van der Waals surface area contributed by atoms with E-state index in [2.05, 4.69) is 4.99 Å². The van der Waals surface area contributed by atoms with E-state index in [1.54, 1.807) is 6.92 Å². The van der Waals surface area contributed by atoms with Gasteiger partial charge in [-0.3, -0.25) is 9.79 Å². The average molecular weight is 419 g/mol. The summed E-state index contributed by atoms with van der Waals surface area (Å²) in [5.74, 6) is -0.451. The number of allylic oxidation sites excluding steroid dienone is 1. The normalized spacial score (nSPS) is 19.5. The van der Waals surface area contributed by atoms with Crippen molar-refractivity contribution in [2.75, 3.05) is 20.3 Å². The molecule has 2 aromatic carbocycles. The van der Waals surface area contributed by atoms with Crippen LogP contribution in [0.25, 0.3) is 0 Å². The van der Waals surface area contributed by atoms with E-state index in [4.69, 9.17) is 14.2 Å². The van der Waals surface area contributed by atoms with Gasteiger partial charge in [0, 0.05) is 22.7 Å². The first-order valence-electron chi connectivity index (χ1n) is 10.4. The minimum Gasteiger partial charge on any atom is -0.490 e. The molecular weight excluding hydrogens is 394 g/mol. The van der Waals surface area contributed by atoms with Crippen LogP contribution in [0.5, 0.6) is 11.5 Å². The molecule has 1 aliphatic heterocycles. The van der Waals surface area contributed by atoms with Gasteiger partial charge in [0.05, 0.1) is 37.5 Å². The van der Waals surface area contributed by atoms with Crippen LogP contribution in [0, 0.1) is 5.92 Å². The molecule has 0 spiro atoms. The summed E-state index contributed by atoms with van der Waals surface area (Å²) in [6.07, 6.45) is 0. The highest BCUT2D eigenvalue weighted by Gasteiger charge is 2.48. The molecule has 31 heavy (non-hydrogen) atoms. The largest absolute Gasteiger partial charge is 0.490 e. The summed E-state index contributed by atoms with van der Waals surface area (Å²) in [4.78, 5) is 30.9. The van der Waals surface area contributed by atoms with Gasteiger partial charge in [-0.1, -0.05) is 30.3 Å². The lowest BCUT2D eigenvalue weighted by Crippen LogP contribution is -2.32. The van der Waals surface area contributed by atoms with Crippen LogP contribution in [0.2, 0.25) is 0 Å². The van der Waals surface area contributed by atoms with E-state index in [1.807, 2.05) is 56.3 Å². The fourth-order valence-electron chi connectivity index (χ4n) is 4.46. The maximum atomic E-state index is 13.4. The minimum atomic E-state index is -0.595. The zero-order chi connectivity index (χ0) is 22.1. The van der Waals surface area contributed by atoms with E-state index in [9.17, 15) is 9.59 Å². The predicted molar refractivity (Wildman–Crippen MR) is 117 cm³/mol. The molecule has 1 aliphatic carbocycles.